The normalized spacial score (nSPS) is 18.6. The third-order valence-electron chi connectivity index (χ3n) is 3.64. The van der Waals surface area contributed by atoms with E-state index >= 15 is 0 Å². The van der Waals surface area contributed by atoms with E-state index in [1.807, 2.05) is 31.2 Å². The van der Waals surface area contributed by atoms with Crippen LogP contribution in [0.25, 0.3) is 0 Å². The highest BCUT2D eigenvalue weighted by Gasteiger charge is 2.26. The van der Waals surface area contributed by atoms with E-state index in [0.29, 0.717) is 13.1 Å². The van der Waals surface area contributed by atoms with E-state index in [-0.39, 0.29) is 5.75 Å². The van der Waals surface area contributed by atoms with Gasteiger partial charge in [0.15, 0.2) is 0 Å². The quantitative estimate of drug-likeness (QED) is 0.839. The summed E-state index contributed by atoms with van der Waals surface area (Å²) in [5, 5.41) is 0. The Hall–Kier alpha value is -0.910. The summed E-state index contributed by atoms with van der Waals surface area (Å²) in [6.07, 6.45) is 0. The van der Waals surface area contributed by atoms with Gasteiger partial charge in [-0.3, -0.25) is 0 Å². The minimum atomic E-state index is -3.17. The van der Waals surface area contributed by atoms with Gasteiger partial charge >= 0.3 is 0 Å². The molecule has 1 aromatic rings. The molecule has 0 spiro atoms. The van der Waals surface area contributed by atoms with Gasteiger partial charge in [-0.2, -0.15) is 4.31 Å². The Morgan fingerprint density at radius 3 is 2.16 bits per heavy atom. The highest BCUT2D eigenvalue weighted by molar-refractivity contribution is 7.88. The molecule has 0 aliphatic carbocycles. The molecule has 0 radical (unpaired) electrons. The lowest BCUT2D eigenvalue weighted by Crippen LogP contribution is -2.48. The monoisotopic (exact) mass is 282 g/mol. The molecular weight excluding hydrogens is 260 g/mol. The lowest BCUT2D eigenvalue weighted by Gasteiger charge is -2.33. The molecule has 4 nitrogen and oxygen atoms in total. The Kier molecular flexibility index (Phi) is 4.60. The number of piperazine rings is 1. The summed E-state index contributed by atoms with van der Waals surface area (Å²) in [6.45, 7) is 8.00. The molecule has 0 amide bonds. The van der Waals surface area contributed by atoms with Crippen LogP contribution in [0.5, 0.6) is 0 Å². The van der Waals surface area contributed by atoms with Crippen molar-refractivity contribution in [2.24, 2.45) is 0 Å². The van der Waals surface area contributed by atoms with Gasteiger partial charge in [-0.15, -0.1) is 0 Å². The molecule has 0 atom stereocenters. The zero-order valence-corrected chi connectivity index (χ0v) is 12.5. The Bertz CT molecular complexity index is 503. The molecule has 5 heteroatoms. The molecule has 19 heavy (non-hydrogen) atoms. The second kappa shape index (κ2) is 6.03. The van der Waals surface area contributed by atoms with Crippen molar-refractivity contribution in [2.45, 2.75) is 19.6 Å². The first-order valence-electron chi connectivity index (χ1n) is 6.77. The first-order valence-corrected chi connectivity index (χ1v) is 8.38. The van der Waals surface area contributed by atoms with Crippen molar-refractivity contribution in [1.29, 1.82) is 0 Å². The van der Waals surface area contributed by atoms with Gasteiger partial charge in [-0.25, -0.2) is 8.42 Å². The SMILES string of the molecule is CCN1CCN(S(=O)(=O)Cc2ccc(C)cc2)CC1. The van der Waals surface area contributed by atoms with E-state index < -0.39 is 10.0 Å². The average molecular weight is 282 g/mol. The molecule has 1 fully saturated rings. The fourth-order valence-electron chi connectivity index (χ4n) is 2.31. The van der Waals surface area contributed by atoms with E-state index in [2.05, 4.69) is 11.8 Å². The average Bonchev–Trinajstić information content (AvgIpc) is 2.41. The molecule has 0 bridgehead atoms. The van der Waals surface area contributed by atoms with Crippen molar-refractivity contribution in [3.8, 4) is 0 Å². The summed E-state index contributed by atoms with van der Waals surface area (Å²) in [4.78, 5) is 2.28. The lowest BCUT2D eigenvalue weighted by atomic mass is 10.2. The molecule has 1 aliphatic heterocycles. The molecule has 1 heterocycles. The van der Waals surface area contributed by atoms with Crippen LogP contribution in [-0.2, 0) is 15.8 Å². The van der Waals surface area contributed by atoms with Crippen LogP contribution >= 0.6 is 0 Å². The zero-order chi connectivity index (χ0) is 13.9. The third-order valence-corrected chi connectivity index (χ3v) is 5.49. The van der Waals surface area contributed by atoms with Crippen molar-refractivity contribution < 1.29 is 8.42 Å². The van der Waals surface area contributed by atoms with Crippen LogP contribution in [0.2, 0.25) is 0 Å². The molecule has 2 rings (SSSR count). The van der Waals surface area contributed by atoms with Crippen molar-refractivity contribution in [3.63, 3.8) is 0 Å². The number of likely N-dealkylation sites (N-methyl/N-ethyl adjacent to an activating group) is 1. The molecule has 0 aromatic heterocycles. The van der Waals surface area contributed by atoms with Gasteiger partial charge in [0.25, 0.3) is 0 Å². The summed E-state index contributed by atoms with van der Waals surface area (Å²) in [5.41, 5.74) is 2.02. The van der Waals surface area contributed by atoms with Crippen LogP contribution in [0, 0.1) is 6.92 Å². The summed E-state index contributed by atoms with van der Waals surface area (Å²) in [6, 6.07) is 7.71. The number of hydrogen-bond donors (Lipinski definition) is 0. The summed E-state index contributed by atoms with van der Waals surface area (Å²) in [7, 11) is -3.17. The first kappa shape index (κ1) is 14.5. The second-order valence-electron chi connectivity index (χ2n) is 5.08. The van der Waals surface area contributed by atoms with Crippen molar-refractivity contribution in [3.05, 3.63) is 35.4 Å². The van der Waals surface area contributed by atoms with Crippen LogP contribution in [0.1, 0.15) is 18.1 Å². The summed E-state index contributed by atoms with van der Waals surface area (Å²) < 4.78 is 26.3. The van der Waals surface area contributed by atoms with Gasteiger partial charge in [-0.05, 0) is 19.0 Å². The largest absolute Gasteiger partial charge is 0.301 e. The van der Waals surface area contributed by atoms with Gasteiger partial charge in [0.2, 0.25) is 10.0 Å². The van der Waals surface area contributed by atoms with Gasteiger partial charge in [-0.1, -0.05) is 36.8 Å². The highest BCUT2D eigenvalue weighted by Crippen LogP contribution is 2.14. The minimum Gasteiger partial charge on any atom is -0.301 e. The van der Waals surface area contributed by atoms with E-state index in [9.17, 15) is 8.42 Å². The van der Waals surface area contributed by atoms with E-state index in [0.717, 1.165) is 30.8 Å². The summed E-state index contributed by atoms with van der Waals surface area (Å²) >= 11 is 0. The molecular formula is C14H22N2O2S. The molecule has 106 valence electrons. The fourth-order valence-corrected chi connectivity index (χ4v) is 3.83. The fraction of sp³-hybridized carbons (Fsp3) is 0.571. The number of hydrogen-bond acceptors (Lipinski definition) is 3. The summed E-state index contributed by atoms with van der Waals surface area (Å²) in [5.74, 6) is 0.111. The zero-order valence-electron chi connectivity index (χ0n) is 11.7. The van der Waals surface area contributed by atoms with Crippen molar-refractivity contribution >= 4 is 10.0 Å². The van der Waals surface area contributed by atoms with Crippen molar-refractivity contribution in [1.82, 2.24) is 9.21 Å². The smallest absolute Gasteiger partial charge is 0.218 e. The van der Waals surface area contributed by atoms with Crippen molar-refractivity contribution in [2.75, 3.05) is 32.7 Å². The molecule has 0 saturated carbocycles. The maximum atomic E-state index is 12.3. The van der Waals surface area contributed by atoms with E-state index in [4.69, 9.17) is 0 Å². The Morgan fingerprint density at radius 1 is 1.05 bits per heavy atom. The molecule has 1 aromatic carbocycles. The van der Waals surface area contributed by atoms with Gasteiger partial charge in [0.05, 0.1) is 5.75 Å². The predicted octanol–water partition coefficient (Wildman–Crippen LogP) is 1.46. The van der Waals surface area contributed by atoms with E-state index in [1.54, 1.807) is 4.31 Å². The number of benzene rings is 1. The Morgan fingerprint density at radius 2 is 1.63 bits per heavy atom. The number of rotatable bonds is 4. The molecule has 1 saturated heterocycles. The van der Waals surface area contributed by atoms with Crippen LogP contribution in [-0.4, -0.2) is 50.3 Å². The molecule has 0 N–H and O–H groups in total. The maximum Gasteiger partial charge on any atom is 0.218 e. The van der Waals surface area contributed by atoms with E-state index in [1.165, 1.54) is 0 Å². The Balaban J connectivity index is 2.01. The van der Waals surface area contributed by atoms with Gasteiger partial charge in [0, 0.05) is 26.2 Å². The van der Waals surface area contributed by atoms with Gasteiger partial charge < -0.3 is 4.90 Å². The van der Waals surface area contributed by atoms with Crippen LogP contribution in [0.15, 0.2) is 24.3 Å². The standard InChI is InChI=1S/C14H22N2O2S/c1-3-15-8-10-16(11-9-15)19(17,18)12-14-6-4-13(2)5-7-14/h4-7H,3,8-12H2,1-2H3. The van der Waals surface area contributed by atoms with Gasteiger partial charge in [0.1, 0.15) is 0 Å². The Labute approximate surface area is 116 Å². The first-order chi connectivity index (χ1) is 9.01. The minimum absolute atomic E-state index is 0.111. The lowest BCUT2D eigenvalue weighted by molar-refractivity contribution is 0.196. The third kappa shape index (κ3) is 3.78. The maximum absolute atomic E-state index is 12.3. The number of nitrogens with zero attached hydrogens (tertiary/aromatic N) is 2. The molecule has 0 unspecified atom stereocenters. The second-order valence-corrected chi connectivity index (χ2v) is 7.04. The van der Waals surface area contributed by atoms with Crippen LogP contribution < -0.4 is 0 Å². The predicted molar refractivity (Wildman–Crippen MR) is 77.5 cm³/mol. The van der Waals surface area contributed by atoms with Crippen LogP contribution in [0.3, 0.4) is 0 Å². The highest BCUT2D eigenvalue weighted by atomic mass is 32.2. The molecule has 1 aliphatic rings. The van der Waals surface area contributed by atoms with Crippen LogP contribution in [0.4, 0.5) is 0 Å². The number of aryl methyl sites for hydroxylation is 1. The number of sulfonamides is 1. The topological polar surface area (TPSA) is 40.6 Å².